The molecule has 1 rings (SSSR count). The van der Waals surface area contributed by atoms with Gasteiger partial charge in [-0.3, -0.25) is 10.1 Å². The Morgan fingerprint density at radius 1 is 1.41 bits per heavy atom. The summed E-state index contributed by atoms with van der Waals surface area (Å²) in [5.74, 6) is 0. The first-order chi connectivity index (χ1) is 7.81. The Labute approximate surface area is 108 Å². The lowest BCUT2D eigenvalue weighted by Crippen LogP contribution is -2.27. The Bertz CT molecular complexity index is 438. The Balaban J connectivity index is 2.73. The van der Waals surface area contributed by atoms with Crippen LogP contribution in [-0.2, 0) is 4.74 Å². The molecule has 1 aromatic rings. The van der Waals surface area contributed by atoms with Crippen molar-refractivity contribution in [1.29, 1.82) is 0 Å². The van der Waals surface area contributed by atoms with Gasteiger partial charge in [-0.25, -0.2) is 4.79 Å². The third kappa shape index (κ3) is 4.56. The second-order valence-corrected chi connectivity index (χ2v) is 5.34. The molecule has 0 aliphatic rings. The zero-order chi connectivity index (χ0) is 13.1. The summed E-state index contributed by atoms with van der Waals surface area (Å²) in [5, 5.41) is 2.58. The molecule has 4 nitrogen and oxygen atoms in total. The highest BCUT2D eigenvalue weighted by Crippen LogP contribution is 2.20. The van der Waals surface area contributed by atoms with E-state index in [4.69, 9.17) is 4.74 Å². The first-order valence-corrected chi connectivity index (χ1v) is 5.86. The van der Waals surface area contributed by atoms with Crippen LogP contribution >= 0.6 is 15.9 Å². The Kier molecular flexibility index (Phi) is 4.28. The average molecular weight is 300 g/mol. The van der Waals surface area contributed by atoms with Gasteiger partial charge in [-0.05, 0) is 54.9 Å². The normalized spacial score (nSPS) is 10.8. The Morgan fingerprint density at radius 2 is 2.06 bits per heavy atom. The predicted octanol–water partition coefficient (Wildman–Crippen LogP) is 3.61. The van der Waals surface area contributed by atoms with Crippen LogP contribution in [0.25, 0.3) is 0 Å². The highest BCUT2D eigenvalue weighted by molar-refractivity contribution is 9.10. The van der Waals surface area contributed by atoms with Crippen molar-refractivity contribution in [2.24, 2.45) is 0 Å². The van der Waals surface area contributed by atoms with E-state index in [1.54, 1.807) is 39.0 Å². The van der Waals surface area contributed by atoms with E-state index in [1.165, 1.54) is 0 Å². The number of benzene rings is 1. The average Bonchev–Trinajstić information content (AvgIpc) is 2.14. The molecule has 0 spiro atoms. The van der Waals surface area contributed by atoms with Crippen molar-refractivity contribution >= 4 is 34.0 Å². The fraction of sp³-hybridized carbons (Fsp3) is 0.333. The quantitative estimate of drug-likeness (QED) is 0.849. The van der Waals surface area contributed by atoms with Gasteiger partial charge in [0.1, 0.15) is 5.60 Å². The third-order valence-electron chi connectivity index (χ3n) is 1.77. The van der Waals surface area contributed by atoms with Crippen LogP contribution < -0.4 is 5.32 Å². The van der Waals surface area contributed by atoms with E-state index in [2.05, 4.69) is 21.2 Å². The number of carbonyl (C=O) groups is 2. The molecule has 5 heteroatoms. The highest BCUT2D eigenvalue weighted by Gasteiger charge is 2.16. The monoisotopic (exact) mass is 299 g/mol. The van der Waals surface area contributed by atoms with Crippen molar-refractivity contribution in [3.63, 3.8) is 0 Å². The van der Waals surface area contributed by atoms with Gasteiger partial charge in [-0.15, -0.1) is 0 Å². The molecule has 17 heavy (non-hydrogen) atoms. The van der Waals surface area contributed by atoms with Crippen LogP contribution in [-0.4, -0.2) is 18.0 Å². The van der Waals surface area contributed by atoms with Gasteiger partial charge in [0.25, 0.3) is 0 Å². The summed E-state index contributed by atoms with van der Waals surface area (Å²) >= 11 is 3.24. The van der Waals surface area contributed by atoms with Crippen LogP contribution in [0, 0.1) is 0 Å². The number of hydrogen-bond donors (Lipinski definition) is 1. The van der Waals surface area contributed by atoms with Gasteiger partial charge >= 0.3 is 6.09 Å². The molecule has 0 fully saturated rings. The lowest BCUT2D eigenvalue weighted by atomic mass is 10.2. The summed E-state index contributed by atoms with van der Waals surface area (Å²) in [7, 11) is 0. The molecule has 1 aromatic carbocycles. The number of halogens is 1. The lowest BCUT2D eigenvalue weighted by molar-refractivity contribution is 0.0636. The first-order valence-electron chi connectivity index (χ1n) is 5.06. The molecule has 0 saturated carbocycles. The van der Waals surface area contributed by atoms with E-state index >= 15 is 0 Å². The predicted molar refractivity (Wildman–Crippen MR) is 69.4 cm³/mol. The van der Waals surface area contributed by atoms with Crippen LogP contribution in [0.1, 0.15) is 31.1 Å². The van der Waals surface area contributed by atoms with Crippen molar-refractivity contribution in [2.75, 3.05) is 5.32 Å². The van der Waals surface area contributed by atoms with Crippen molar-refractivity contribution < 1.29 is 14.3 Å². The van der Waals surface area contributed by atoms with Gasteiger partial charge in [0, 0.05) is 15.7 Å². The van der Waals surface area contributed by atoms with Crippen LogP contribution in [0.4, 0.5) is 10.5 Å². The zero-order valence-electron chi connectivity index (χ0n) is 9.91. The summed E-state index contributed by atoms with van der Waals surface area (Å²) in [6.45, 7) is 5.37. The van der Waals surface area contributed by atoms with Crippen LogP contribution in [0.2, 0.25) is 0 Å². The molecule has 0 saturated heterocycles. The third-order valence-corrected chi connectivity index (χ3v) is 2.46. The maximum Gasteiger partial charge on any atom is 0.412 e. The second kappa shape index (κ2) is 5.31. The highest BCUT2D eigenvalue weighted by atomic mass is 79.9. The van der Waals surface area contributed by atoms with E-state index in [0.717, 1.165) is 6.29 Å². The molecule has 0 bridgehead atoms. The van der Waals surface area contributed by atoms with Gasteiger partial charge in [0.15, 0.2) is 6.29 Å². The summed E-state index contributed by atoms with van der Waals surface area (Å²) < 4.78 is 5.73. The minimum Gasteiger partial charge on any atom is -0.444 e. The summed E-state index contributed by atoms with van der Waals surface area (Å²) in [5.41, 5.74) is 0.556. The maximum atomic E-state index is 11.5. The Morgan fingerprint density at radius 3 is 2.53 bits per heavy atom. The number of carbonyl (C=O) groups excluding carboxylic acids is 2. The van der Waals surface area contributed by atoms with Crippen molar-refractivity contribution in [2.45, 2.75) is 26.4 Å². The van der Waals surface area contributed by atoms with E-state index in [1.807, 2.05) is 0 Å². The second-order valence-electron chi connectivity index (χ2n) is 4.48. The van der Waals surface area contributed by atoms with Crippen molar-refractivity contribution in [3.8, 4) is 0 Å². The summed E-state index contributed by atoms with van der Waals surface area (Å²) in [4.78, 5) is 22.1. The van der Waals surface area contributed by atoms with Gasteiger partial charge in [0.2, 0.25) is 0 Å². The maximum absolute atomic E-state index is 11.5. The molecule has 92 valence electrons. The number of amides is 1. The van der Waals surface area contributed by atoms with E-state index in [9.17, 15) is 9.59 Å². The molecule has 0 aliphatic carbocycles. The number of rotatable bonds is 2. The molecule has 0 aromatic heterocycles. The van der Waals surface area contributed by atoms with Crippen LogP contribution in [0.5, 0.6) is 0 Å². The minimum absolute atomic E-state index is 0.525. The largest absolute Gasteiger partial charge is 0.444 e. The van der Waals surface area contributed by atoms with Gasteiger partial charge in [0.05, 0.1) is 0 Å². The number of hydrogen-bond acceptors (Lipinski definition) is 3. The topological polar surface area (TPSA) is 55.4 Å². The molecule has 0 atom stereocenters. The fourth-order valence-corrected chi connectivity index (χ4v) is 1.59. The van der Waals surface area contributed by atoms with E-state index in [-0.39, 0.29) is 0 Å². The fourth-order valence-electron chi connectivity index (χ4n) is 1.12. The van der Waals surface area contributed by atoms with Crippen molar-refractivity contribution in [3.05, 3.63) is 28.2 Å². The smallest absolute Gasteiger partial charge is 0.412 e. The van der Waals surface area contributed by atoms with E-state index < -0.39 is 11.7 Å². The zero-order valence-corrected chi connectivity index (χ0v) is 11.5. The summed E-state index contributed by atoms with van der Waals surface area (Å²) in [6, 6.07) is 4.90. The van der Waals surface area contributed by atoms with Crippen molar-refractivity contribution in [1.82, 2.24) is 0 Å². The molecule has 1 N–H and O–H groups in total. The number of aldehydes is 1. The number of anilines is 1. The van der Waals surface area contributed by atoms with Gasteiger partial charge in [-0.1, -0.05) is 0 Å². The number of ether oxygens (including phenoxy) is 1. The molecule has 0 heterocycles. The number of nitrogens with one attached hydrogen (secondary N) is 1. The minimum atomic E-state index is -0.538. The van der Waals surface area contributed by atoms with E-state index in [0.29, 0.717) is 15.7 Å². The summed E-state index contributed by atoms with van der Waals surface area (Å²) in [6.07, 6.45) is 0.213. The SMILES string of the molecule is CC(C)(C)OC(=O)Nc1ccc(C=O)c(Br)c1. The molecule has 0 radical (unpaired) electrons. The molecule has 1 amide bonds. The first kappa shape index (κ1) is 13.7. The lowest BCUT2D eigenvalue weighted by Gasteiger charge is -2.19. The van der Waals surface area contributed by atoms with Gasteiger partial charge < -0.3 is 4.74 Å². The Hall–Kier alpha value is -1.36. The molecule has 0 unspecified atom stereocenters. The molecule has 0 aliphatic heterocycles. The standard InChI is InChI=1S/C12H14BrNO3/c1-12(2,3)17-11(16)14-9-5-4-8(7-15)10(13)6-9/h4-7H,1-3H3,(H,14,16). The molecular weight excluding hydrogens is 286 g/mol. The molecular formula is C12H14BrNO3. The van der Waals surface area contributed by atoms with Gasteiger partial charge in [-0.2, -0.15) is 0 Å². The van der Waals surface area contributed by atoms with Crippen LogP contribution in [0.3, 0.4) is 0 Å². The van der Waals surface area contributed by atoms with Crippen LogP contribution in [0.15, 0.2) is 22.7 Å².